The average molecular weight is 227 g/mol. The van der Waals surface area contributed by atoms with E-state index in [1.165, 1.54) is 0 Å². The average Bonchev–Trinajstić information content (AvgIpc) is 2.78. The molecule has 4 heteroatoms. The molecule has 0 aromatic carbocycles. The number of carboxylic acids is 1. The minimum Gasteiger partial charge on any atom is -0.481 e. The van der Waals surface area contributed by atoms with Gasteiger partial charge in [-0.25, -0.2) is 0 Å². The van der Waals surface area contributed by atoms with Crippen LogP contribution in [0.1, 0.15) is 32.1 Å². The normalized spacial score (nSPS) is 32.1. The highest BCUT2D eigenvalue weighted by Gasteiger charge is 2.34. The summed E-state index contributed by atoms with van der Waals surface area (Å²) in [6.45, 7) is 1.70. The van der Waals surface area contributed by atoms with Gasteiger partial charge in [-0.2, -0.15) is 0 Å². The quantitative estimate of drug-likeness (QED) is 0.790. The molecule has 2 atom stereocenters. The summed E-state index contributed by atoms with van der Waals surface area (Å²) in [5.41, 5.74) is 0. The van der Waals surface area contributed by atoms with Gasteiger partial charge in [-0.3, -0.25) is 4.79 Å². The summed E-state index contributed by atoms with van der Waals surface area (Å²) in [5.74, 6) is -0.741. The van der Waals surface area contributed by atoms with Crippen LogP contribution in [0.25, 0.3) is 0 Å². The highest BCUT2D eigenvalue weighted by molar-refractivity contribution is 5.70. The van der Waals surface area contributed by atoms with Gasteiger partial charge in [0.05, 0.1) is 5.92 Å². The number of carboxylic acid groups (broad SMARTS) is 1. The fourth-order valence-electron chi connectivity index (χ4n) is 2.94. The van der Waals surface area contributed by atoms with E-state index in [1.807, 2.05) is 0 Å². The fourth-order valence-corrected chi connectivity index (χ4v) is 2.94. The molecule has 2 fully saturated rings. The zero-order valence-corrected chi connectivity index (χ0v) is 9.89. The number of hydrogen-bond acceptors (Lipinski definition) is 3. The molecular formula is C12H21NO3. The van der Waals surface area contributed by atoms with Crippen LogP contribution < -0.4 is 0 Å². The Bertz CT molecular complexity index is 251. The molecule has 2 rings (SSSR count). The van der Waals surface area contributed by atoms with Gasteiger partial charge in [0.2, 0.25) is 0 Å². The minimum absolute atomic E-state index is 0.118. The number of nitrogens with zero attached hydrogens (tertiary/aromatic N) is 1. The Morgan fingerprint density at radius 1 is 1.19 bits per heavy atom. The molecule has 92 valence electrons. The van der Waals surface area contributed by atoms with Crippen molar-refractivity contribution in [3.05, 3.63) is 0 Å². The maximum atomic E-state index is 10.9. The van der Waals surface area contributed by atoms with Crippen LogP contribution in [-0.2, 0) is 9.53 Å². The summed E-state index contributed by atoms with van der Waals surface area (Å²) < 4.78 is 5.35. The van der Waals surface area contributed by atoms with Crippen LogP contribution in [0.4, 0.5) is 0 Å². The zero-order chi connectivity index (χ0) is 11.5. The van der Waals surface area contributed by atoms with Crippen molar-refractivity contribution in [3.63, 3.8) is 0 Å². The van der Waals surface area contributed by atoms with Crippen molar-refractivity contribution < 1.29 is 14.6 Å². The topological polar surface area (TPSA) is 49.8 Å². The molecule has 1 aliphatic carbocycles. The second-order valence-electron chi connectivity index (χ2n) is 5.01. The van der Waals surface area contributed by atoms with Crippen molar-refractivity contribution >= 4 is 5.97 Å². The molecular weight excluding hydrogens is 206 g/mol. The van der Waals surface area contributed by atoms with Gasteiger partial charge in [0.1, 0.15) is 0 Å². The third kappa shape index (κ3) is 2.55. The van der Waals surface area contributed by atoms with Gasteiger partial charge < -0.3 is 14.7 Å². The van der Waals surface area contributed by atoms with Gasteiger partial charge in [0.25, 0.3) is 0 Å². The van der Waals surface area contributed by atoms with E-state index in [2.05, 4.69) is 11.9 Å². The van der Waals surface area contributed by atoms with E-state index in [0.717, 1.165) is 45.3 Å². The number of ether oxygens (including phenoxy) is 1. The van der Waals surface area contributed by atoms with Crippen LogP contribution in [0.5, 0.6) is 0 Å². The standard InChI is InChI=1S/C12H21NO3/c1-13(10-4-6-16-7-5-10)11-3-2-9(8-11)12(14)15/h9-11H,2-8H2,1H3,(H,14,15)/t9-,11+/m0/s1. The Morgan fingerprint density at radius 2 is 1.88 bits per heavy atom. The molecule has 0 amide bonds. The summed E-state index contributed by atoms with van der Waals surface area (Å²) in [4.78, 5) is 13.3. The number of aliphatic carboxylic acids is 1. The van der Waals surface area contributed by atoms with Gasteiger partial charge in [-0.15, -0.1) is 0 Å². The first-order valence-corrected chi connectivity index (χ1v) is 6.21. The Hall–Kier alpha value is -0.610. The molecule has 1 aliphatic heterocycles. The van der Waals surface area contributed by atoms with E-state index in [-0.39, 0.29) is 5.92 Å². The summed E-state index contributed by atoms with van der Waals surface area (Å²) in [6.07, 6.45) is 4.87. The second-order valence-corrected chi connectivity index (χ2v) is 5.01. The molecule has 0 aromatic rings. The van der Waals surface area contributed by atoms with E-state index >= 15 is 0 Å². The lowest BCUT2D eigenvalue weighted by molar-refractivity contribution is -0.141. The lowest BCUT2D eigenvalue weighted by atomic mass is 10.0. The van der Waals surface area contributed by atoms with Crippen molar-refractivity contribution in [1.29, 1.82) is 0 Å². The first-order chi connectivity index (χ1) is 7.68. The van der Waals surface area contributed by atoms with E-state index in [4.69, 9.17) is 9.84 Å². The first kappa shape index (κ1) is 11.9. The second kappa shape index (κ2) is 5.15. The third-order valence-corrected chi connectivity index (χ3v) is 4.10. The monoisotopic (exact) mass is 227 g/mol. The summed E-state index contributed by atoms with van der Waals surface area (Å²) in [7, 11) is 2.14. The molecule has 1 saturated carbocycles. The Morgan fingerprint density at radius 3 is 2.44 bits per heavy atom. The van der Waals surface area contributed by atoms with Crippen LogP contribution in [0.15, 0.2) is 0 Å². The van der Waals surface area contributed by atoms with E-state index in [0.29, 0.717) is 12.1 Å². The van der Waals surface area contributed by atoms with E-state index in [9.17, 15) is 4.79 Å². The third-order valence-electron chi connectivity index (χ3n) is 4.10. The molecule has 0 radical (unpaired) electrons. The Labute approximate surface area is 96.6 Å². The Kier molecular flexibility index (Phi) is 3.82. The molecule has 16 heavy (non-hydrogen) atoms. The molecule has 1 heterocycles. The molecule has 0 unspecified atom stereocenters. The van der Waals surface area contributed by atoms with Crippen molar-refractivity contribution in [2.24, 2.45) is 5.92 Å². The molecule has 1 N–H and O–H groups in total. The van der Waals surface area contributed by atoms with Gasteiger partial charge in [-0.1, -0.05) is 0 Å². The van der Waals surface area contributed by atoms with Crippen LogP contribution >= 0.6 is 0 Å². The van der Waals surface area contributed by atoms with Crippen LogP contribution in [-0.4, -0.2) is 48.3 Å². The van der Waals surface area contributed by atoms with E-state index in [1.54, 1.807) is 0 Å². The molecule has 0 spiro atoms. The SMILES string of the molecule is CN(C1CCOCC1)[C@@H]1CC[C@H](C(=O)O)C1. The first-order valence-electron chi connectivity index (χ1n) is 6.21. The Balaban J connectivity index is 1.85. The van der Waals surface area contributed by atoms with Crippen LogP contribution in [0, 0.1) is 5.92 Å². The maximum Gasteiger partial charge on any atom is 0.306 e. The van der Waals surface area contributed by atoms with Crippen molar-refractivity contribution in [2.45, 2.75) is 44.2 Å². The molecule has 4 nitrogen and oxygen atoms in total. The van der Waals surface area contributed by atoms with Crippen LogP contribution in [0.2, 0.25) is 0 Å². The van der Waals surface area contributed by atoms with Gasteiger partial charge in [0.15, 0.2) is 0 Å². The molecule has 0 aromatic heterocycles. The number of carbonyl (C=O) groups is 1. The molecule has 0 bridgehead atoms. The molecule has 2 aliphatic rings. The van der Waals surface area contributed by atoms with Crippen molar-refractivity contribution in [1.82, 2.24) is 4.90 Å². The smallest absolute Gasteiger partial charge is 0.306 e. The predicted molar refractivity (Wildman–Crippen MR) is 60.4 cm³/mol. The predicted octanol–water partition coefficient (Wildman–Crippen LogP) is 1.35. The van der Waals surface area contributed by atoms with Gasteiger partial charge >= 0.3 is 5.97 Å². The number of hydrogen-bond donors (Lipinski definition) is 1. The number of rotatable bonds is 3. The summed E-state index contributed by atoms with van der Waals surface area (Å²) in [5, 5.41) is 8.98. The maximum absolute atomic E-state index is 10.9. The molecule has 1 saturated heterocycles. The lowest BCUT2D eigenvalue weighted by Crippen LogP contribution is -2.42. The van der Waals surface area contributed by atoms with Gasteiger partial charge in [-0.05, 0) is 39.2 Å². The summed E-state index contributed by atoms with van der Waals surface area (Å²) in [6, 6.07) is 1.05. The summed E-state index contributed by atoms with van der Waals surface area (Å²) >= 11 is 0. The van der Waals surface area contributed by atoms with Crippen LogP contribution in [0.3, 0.4) is 0 Å². The van der Waals surface area contributed by atoms with E-state index < -0.39 is 5.97 Å². The zero-order valence-electron chi connectivity index (χ0n) is 9.89. The fraction of sp³-hybridized carbons (Fsp3) is 0.917. The van der Waals surface area contributed by atoms with Crippen molar-refractivity contribution in [2.75, 3.05) is 20.3 Å². The largest absolute Gasteiger partial charge is 0.481 e. The highest BCUT2D eigenvalue weighted by Crippen LogP contribution is 2.31. The minimum atomic E-state index is -0.622. The van der Waals surface area contributed by atoms with Crippen molar-refractivity contribution in [3.8, 4) is 0 Å². The van der Waals surface area contributed by atoms with Gasteiger partial charge in [0, 0.05) is 25.3 Å². The lowest BCUT2D eigenvalue weighted by Gasteiger charge is -2.35. The highest BCUT2D eigenvalue weighted by atomic mass is 16.5.